The highest BCUT2D eigenvalue weighted by atomic mass is 19.2. The van der Waals surface area contributed by atoms with Crippen molar-refractivity contribution in [3.63, 3.8) is 0 Å². The largest absolute Gasteiger partial charge is 0.478 e. The van der Waals surface area contributed by atoms with E-state index in [0.717, 1.165) is 0 Å². The first-order valence-corrected chi connectivity index (χ1v) is 8.06. The minimum atomic E-state index is -2.40. The Hall–Kier alpha value is -3.23. The van der Waals surface area contributed by atoms with Crippen molar-refractivity contribution in [2.24, 2.45) is 0 Å². The topological polar surface area (TPSA) is 46.6 Å². The lowest BCUT2D eigenvalue weighted by Gasteiger charge is -2.33. The summed E-state index contributed by atoms with van der Waals surface area (Å²) in [6, 6.07) is 4.21. The van der Waals surface area contributed by atoms with Gasteiger partial charge in [-0.2, -0.15) is 0 Å². The van der Waals surface area contributed by atoms with Crippen LogP contribution in [0.1, 0.15) is 29.3 Å². The molecule has 0 spiro atoms. The average Bonchev–Trinajstić information content (AvgIpc) is 2.69. The molecular formula is C19H12F5NO3. The molecule has 9 heteroatoms. The number of nitrogens with zero attached hydrogens (tertiary/aromatic N) is 1. The molecule has 0 bridgehead atoms. The maximum atomic E-state index is 14.1. The zero-order valence-corrected chi connectivity index (χ0v) is 14.4. The molecule has 1 aliphatic rings. The van der Waals surface area contributed by atoms with Gasteiger partial charge in [-0.15, -0.1) is 0 Å². The van der Waals surface area contributed by atoms with E-state index in [2.05, 4.69) is 6.58 Å². The lowest BCUT2D eigenvalue weighted by atomic mass is 10.0. The third kappa shape index (κ3) is 2.74. The molecule has 1 unspecified atom stereocenters. The smallest absolute Gasteiger partial charge is 0.275 e. The van der Waals surface area contributed by atoms with Crippen LogP contribution in [0.2, 0.25) is 0 Å². The van der Waals surface area contributed by atoms with E-state index in [-0.39, 0.29) is 17.9 Å². The summed E-state index contributed by atoms with van der Waals surface area (Å²) in [5.41, 5.74) is -1.55. The Balaban J connectivity index is 2.26. The molecule has 146 valence electrons. The van der Waals surface area contributed by atoms with E-state index < -0.39 is 52.6 Å². The molecular weight excluding hydrogens is 385 g/mol. The van der Waals surface area contributed by atoms with Gasteiger partial charge in [0.05, 0.1) is 5.69 Å². The fourth-order valence-corrected chi connectivity index (χ4v) is 2.83. The molecule has 0 aliphatic carbocycles. The van der Waals surface area contributed by atoms with Crippen LogP contribution in [0.4, 0.5) is 27.6 Å². The number of benzene rings is 2. The van der Waals surface area contributed by atoms with E-state index >= 15 is 0 Å². The first-order valence-electron chi connectivity index (χ1n) is 8.06. The first kappa shape index (κ1) is 19.5. The highest BCUT2D eigenvalue weighted by molar-refractivity contribution is 6.24. The van der Waals surface area contributed by atoms with E-state index in [0.29, 0.717) is 10.5 Å². The monoisotopic (exact) mass is 397 g/mol. The number of ether oxygens (including phenoxy) is 1. The number of carbonyl (C=O) groups excluding carboxylic acids is 2. The molecule has 2 aromatic carbocycles. The summed E-state index contributed by atoms with van der Waals surface area (Å²) in [6.07, 6.45) is 0.256. The van der Waals surface area contributed by atoms with Gasteiger partial charge in [0.15, 0.2) is 35.1 Å². The Morgan fingerprint density at radius 1 is 1.11 bits per heavy atom. The van der Waals surface area contributed by atoms with E-state index in [1.807, 2.05) is 0 Å². The Bertz CT molecular complexity index is 992. The molecule has 0 radical (unpaired) electrons. The lowest BCUT2D eigenvalue weighted by molar-refractivity contribution is -0.125. The maximum absolute atomic E-state index is 14.1. The van der Waals surface area contributed by atoms with Gasteiger partial charge in [0.1, 0.15) is 5.56 Å². The van der Waals surface area contributed by atoms with E-state index in [4.69, 9.17) is 4.74 Å². The van der Waals surface area contributed by atoms with Crippen molar-refractivity contribution in [2.45, 2.75) is 19.4 Å². The van der Waals surface area contributed by atoms with Gasteiger partial charge in [0.2, 0.25) is 5.82 Å². The molecule has 1 atom stereocenters. The lowest BCUT2D eigenvalue weighted by Crippen LogP contribution is -2.49. The number of amides is 2. The fraction of sp³-hybridized carbons (Fsp3) is 0.158. The molecule has 2 amide bonds. The third-order valence-electron chi connectivity index (χ3n) is 4.24. The van der Waals surface area contributed by atoms with Crippen molar-refractivity contribution >= 4 is 23.6 Å². The van der Waals surface area contributed by atoms with Crippen LogP contribution in [0.3, 0.4) is 0 Å². The Morgan fingerprint density at radius 3 is 2.21 bits per heavy atom. The zero-order valence-electron chi connectivity index (χ0n) is 14.4. The molecule has 0 saturated carbocycles. The van der Waals surface area contributed by atoms with Gasteiger partial charge in [-0.1, -0.05) is 31.7 Å². The number of carbonyl (C=O) groups is 2. The van der Waals surface area contributed by atoms with Gasteiger partial charge in [-0.25, -0.2) is 26.9 Å². The van der Waals surface area contributed by atoms with Crippen molar-refractivity contribution in [3.8, 4) is 5.75 Å². The molecule has 4 nitrogen and oxygen atoms in total. The maximum Gasteiger partial charge on any atom is 0.275 e. The van der Waals surface area contributed by atoms with Crippen LogP contribution >= 0.6 is 0 Å². The minimum Gasteiger partial charge on any atom is -0.478 e. The highest BCUT2D eigenvalue weighted by Crippen LogP contribution is 2.39. The minimum absolute atomic E-state index is 0.0289. The van der Waals surface area contributed by atoms with Crippen LogP contribution in [0.15, 0.2) is 24.8 Å². The van der Waals surface area contributed by atoms with Crippen molar-refractivity contribution in [1.82, 2.24) is 0 Å². The predicted octanol–water partition coefficient (Wildman–Crippen LogP) is 4.37. The number of fused-ring (bicyclic) bond motifs is 1. The summed E-state index contributed by atoms with van der Waals surface area (Å²) in [7, 11) is 0. The second-order valence-electron chi connectivity index (χ2n) is 5.84. The summed E-state index contributed by atoms with van der Waals surface area (Å²) in [4.78, 5) is 25.8. The fourth-order valence-electron chi connectivity index (χ4n) is 2.83. The SMILES string of the molecule is C=Cc1cccc2c1OC(CC)C(=O)N2C(=O)c1c(F)c(F)c(F)c(F)c1F. The predicted molar refractivity (Wildman–Crippen MR) is 89.3 cm³/mol. The normalized spacial score (nSPS) is 15.9. The summed E-state index contributed by atoms with van der Waals surface area (Å²) in [5, 5.41) is 0. The number of imide groups is 1. The molecule has 0 aromatic heterocycles. The van der Waals surface area contributed by atoms with E-state index in [9.17, 15) is 31.5 Å². The van der Waals surface area contributed by atoms with Crippen LogP contribution in [0.25, 0.3) is 6.08 Å². The Labute approximate surface area is 155 Å². The standard InChI is InChI=1S/C19H12F5NO3/c1-3-8-6-5-7-9-17(8)28-10(4-2)18(26)25(9)19(27)11-12(20)14(22)16(24)15(23)13(11)21/h3,5-7,10H,1,4H2,2H3. The number of hydrogen-bond acceptors (Lipinski definition) is 3. The second-order valence-corrected chi connectivity index (χ2v) is 5.84. The van der Waals surface area contributed by atoms with Crippen LogP contribution < -0.4 is 9.64 Å². The van der Waals surface area contributed by atoms with Gasteiger partial charge < -0.3 is 4.74 Å². The number of hydrogen-bond donors (Lipinski definition) is 0. The van der Waals surface area contributed by atoms with Gasteiger partial charge >= 0.3 is 0 Å². The zero-order chi connectivity index (χ0) is 20.7. The number of halogens is 5. The average molecular weight is 397 g/mol. The van der Waals surface area contributed by atoms with Gasteiger partial charge in [-0.05, 0) is 12.5 Å². The summed E-state index contributed by atoms with van der Waals surface area (Å²) in [5.74, 6) is -14.3. The summed E-state index contributed by atoms with van der Waals surface area (Å²) < 4.78 is 74.1. The number of anilines is 1. The molecule has 2 aromatic rings. The Morgan fingerprint density at radius 2 is 1.68 bits per heavy atom. The molecule has 28 heavy (non-hydrogen) atoms. The molecule has 1 aliphatic heterocycles. The highest BCUT2D eigenvalue weighted by Gasteiger charge is 2.41. The first-order chi connectivity index (χ1) is 13.2. The summed E-state index contributed by atoms with van der Waals surface area (Å²) in [6.45, 7) is 5.13. The van der Waals surface area contributed by atoms with Gasteiger partial charge in [-0.3, -0.25) is 9.59 Å². The van der Waals surface area contributed by atoms with E-state index in [1.165, 1.54) is 18.2 Å². The van der Waals surface area contributed by atoms with Crippen molar-refractivity contribution in [1.29, 1.82) is 0 Å². The van der Waals surface area contributed by atoms with Crippen molar-refractivity contribution in [2.75, 3.05) is 4.90 Å². The second kappa shape index (κ2) is 7.06. The molecule has 1 heterocycles. The van der Waals surface area contributed by atoms with Crippen LogP contribution in [0, 0.1) is 29.1 Å². The van der Waals surface area contributed by atoms with Crippen molar-refractivity contribution < 1.29 is 36.3 Å². The third-order valence-corrected chi connectivity index (χ3v) is 4.24. The molecule has 0 fully saturated rings. The van der Waals surface area contributed by atoms with Crippen LogP contribution in [-0.4, -0.2) is 17.9 Å². The van der Waals surface area contributed by atoms with E-state index in [1.54, 1.807) is 13.0 Å². The van der Waals surface area contributed by atoms with Crippen LogP contribution in [0.5, 0.6) is 5.75 Å². The summed E-state index contributed by atoms with van der Waals surface area (Å²) >= 11 is 0. The quantitative estimate of drug-likeness (QED) is 0.335. The molecule has 0 saturated heterocycles. The molecule has 0 N–H and O–H groups in total. The number of para-hydroxylation sites is 1. The Kier molecular flexibility index (Phi) is 4.93. The van der Waals surface area contributed by atoms with Crippen molar-refractivity contribution in [3.05, 3.63) is 65.0 Å². The van der Waals surface area contributed by atoms with Crippen LogP contribution in [-0.2, 0) is 4.79 Å². The molecule has 3 rings (SSSR count). The van der Waals surface area contributed by atoms with Gasteiger partial charge in [0, 0.05) is 5.56 Å². The van der Waals surface area contributed by atoms with Gasteiger partial charge in [0.25, 0.3) is 11.8 Å². The number of rotatable bonds is 3.